The van der Waals surface area contributed by atoms with Crippen LogP contribution in [0, 0.1) is 0 Å². The summed E-state index contributed by atoms with van der Waals surface area (Å²) in [4.78, 5) is 0. The molecular weight excluding hydrogens is 436 g/mol. The van der Waals surface area contributed by atoms with E-state index in [4.69, 9.17) is 18.9 Å². The minimum atomic E-state index is -1.61. The van der Waals surface area contributed by atoms with E-state index in [9.17, 15) is 30.6 Å². The molecule has 2 heterocycles. The van der Waals surface area contributed by atoms with E-state index in [1.807, 2.05) is 6.92 Å². The Bertz CT molecular complexity index is 521. The van der Waals surface area contributed by atoms with E-state index in [1.165, 1.54) is 25.7 Å². The zero-order chi connectivity index (χ0) is 24.4. The molecule has 196 valence electrons. The van der Waals surface area contributed by atoms with E-state index in [0.717, 1.165) is 25.7 Å². The fraction of sp³-hybridized carbons (Fsp3) is 1.00. The van der Waals surface area contributed by atoms with Gasteiger partial charge in [-0.3, -0.25) is 0 Å². The van der Waals surface area contributed by atoms with E-state index < -0.39 is 68.5 Å². The maximum Gasteiger partial charge on any atom is 0.187 e. The first kappa shape index (κ1) is 28.8. The van der Waals surface area contributed by atoms with Crippen molar-refractivity contribution in [1.29, 1.82) is 0 Å². The predicted octanol–water partition coefficient (Wildman–Crippen LogP) is 0.186. The van der Waals surface area contributed by atoms with Crippen molar-refractivity contribution in [2.75, 3.05) is 13.2 Å². The maximum atomic E-state index is 10.7. The van der Waals surface area contributed by atoms with Crippen molar-refractivity contribution in [2.24, 2.45) is 0 Å². The van der Waals surface area contributed by atoms with Crippen LogP contribution in [0.2, 0.25) is 0 Å². The summed E-state index contributed by atoms with van der Waals surface area (Å²) in [6, 6.07) is 0. The average Bonchev–Trinajstić information content (AvgIpc) is 2.81. The molecule has 2 rings (SSSR count). The van der Waals surface area contributed by atoms with Gasteiger partial charge in [0.1, 0.15) is 36.6 Å². The lowest BCUT2D eigenvalue weighted by Crippen LogP contribution is -2.62. The molecular formula is C23H44O10. The van der Waals surface area contributed by atoms with Gasteiger partial charge in [0.2, 0.25) is 0 Å². The number of unbranched alkanes of at least 4 members (excludes halogenated alkanes) is 5. The van der Waals surface area contributed by atoms with Crippen LogP contribution >= 0.6 is 0 Å². The highest BCUT2D eigenvalue weighted by atomic mass is 16.7. The van der Waals surface area contributed by atoms with Gasteiger partial charge < -0.3 is 49.6 Å². The molecule has 6 N–H and O–H groups in total. The Morgan fingerprint density at radius 2 is 1.48 bits per heavy atom. The van der Waals surface area contributed by atoms with E-state index in [1.54, 1.807) is 0 Å². The van der Waals surface area contributed by atoms with Gasteiger partial charge >= 0.3 is 0 Å². The molecule has 10 unspecified atom stereocenters. The fourth-order valence-corrected chi connectivity index (χ4v) is 4.39. The van der Waals surface area contributed by atoms with E-state index in [-0.39, 0.29) is 12.5 Å². The largest absolute Gasteiger partial charge is 0.394 e. The molecule has 0 radical (unpaired) electrons. The molecule has 2 aliphatic rings. The molecule has 10 atom stereocenters. The lowest BCUT2D eigenvalue weighted by Gasteiger charge is -2.44. The van der Waals surface area contributed by atoms with Gasteiger partial charge in [0, 0.05) is 6.42 Å². The minimum absolute atomic E-state index is 0.0179. The monoisotopic (exact) mass is 480 g/mol. The van der Waals surface area contributed by atoms with Gasteiger partial charge in [-0.05, 0) is 12.8 Å². The van der Waals surface area contributed by atoms with Gasteiger partial charge in [-0.15, -0.1) is 0 Å². The molecule has 0 spiro atoms. The van der Waals surface area contributed by atoms with Crippen LogP contribution in [0.4, 0.5) is 0 Å². The summed E-state index contributed by atoms with van der Waals surface area (Å²) in [5.41, 5.74) is 0. The van der Waals surface area contributed by atoms with Crippen molar-refractivity contribution in [1.82, 2.24) is 0 Å². The van der Waals surface area contributed by atoms with E-state index >= 15 is 0 Å². The Hall–Kier alpha value is -0.400. The molecule has 10 heteroatoms. The number of aliphatic hydroxyl groups excluding tert-OH is 6. The number of aliphatic hydroxyl groups is 6. The highest BCUT2D eigenvalue weighted by Gasteiger charge is 2.48. The second kappa shape index (κ2) is 14.9. The van der Waals surface area contributed by atoms with Crippen molar-refractivity contribution in [2.45, 2.75) is 133 Å². The standard InChI is InChI=1S/C23H44O10/c1-3-5-6-7-8-9-10-14(4-2)30-18-11-15(26)22(17(13-25)31-18)33-23-21(29)20(28)19(27)16(12-24)32-23/h14-29H,3-13H2,1-2H3. The Labute approximate surface area is 196 Å². The SMILES string of the molecule is CCCCCCCCC(CC)OC1CC(O)C(OC2OC(CO)C(O)C(O)C2O)C(CO)O1. The molecule has 2 aliphatic heterocycles. The van der Waals surface area contributed by atoms with Crippen LogP contribution in [-0.4, -0.2) is 105 Å². The third kappa shape index (κ3) is 8.34. The molecule has 33 heavy (non-hydrogen) atoms. The molecule has 0 amide bonds. The highest BCUT2D eigenvalue weighted by molar-refractivity contribution is 4.91. The minimum Gasteiger partial charge on any atom is -0.394 e. The first-order valence-electron chi connectivity index (χ1n) is 12.4. The number of ether oxygens (including phenoxy) is 4. The smallest absolute Gasteiger partial charge is 0.187 e. The van der Waals surface area contributed by atoms with Crippen molar-refractivity contribution in [3.63, 3.8) is 0 Å². The zero-order valence-corrected chi connectivity index (χ0v) is 19.9. The summed E-state index contributed by atoms with van der Waals surface area (Å²) >= 11 is 0. The Kier molecular flexibility index (Phi) is 13.0. The van der Waals surface area contributed by atoms with Crippen LogP contribution in [0.3, 0.4) is 0 Å². The Morgan fingerprint density at radius 1 is 0.818 bits per heavy atom. The normalized spacial score (nSPS) is 38.4. The highest BCUT2D eigenvalue weighted by Crippen LogP contribution is 2.30. The fourth-order valence-electron chi connectivity index (χ4n) is 4.39. The number of hydrogen-bond acceptors (Lipinski definition) is 10. The third-order valence-corrected chi connectivity index (χ3v) is 6.51. The van der Waals surface area contributed by atoms with Gasteiger partial charge in [0.05, 0.1) is 25.4 Å². The van der Waals surface area contributed by atoms with Gasteiger partial charge in [-0.25, -0.2) is 0 Å². The lowest BCUT2D eigenvalue weighted by molar-refractivity contribution is -0.346. The molecule has 2 saturated heterocycles. The van der Waals surface area contributed by atoms with Gasteiger partial charge in [-0.1, -0.05) is 52.4 Å². The van der Waals surface area contributed by atoms with Crippen LogP contribution in [0.1, 0.15) is 71.6 Å². The maximum absolute atomic E-state index is 10.7. The topological polar surface area (TPSA) is 158 Å². The molecule has 0 aromatic heterocycles. The average molecular weight is 481 g/mol. The molecule has 0 bridgehead atoms. The summed E-state index contributed by atoms with van der Waals surface area (Å²) in [5.74, 6) is 0. The first-order valence-corrected chi connectivity index (χ1v) is 12.4. The number of rotatable bonds is 14. The zero-order valence-electron chi connectivity index (χ0n) is 19.9. The van der Waals surface area contributed by atoms with Crippen LogP contribution in [0.25, 0.3) is 0 Å². The molecule has 10 nitrogen and oxygen atoms in total. The summed E-state index contributed by atoms with van der Waals surface area (Å²) in [6.45, 7) is 3.17. The van der Waals surface area contributed by atoms with Gasteiger partial charge in [-0.2, -0.15) is 0 Å². The summed E-state index contributed by atoms with van der Waals surface area (Å²) in [7, 11) is 0. The predicted molar refractivity (Wildman–Crippen MR) is 118 cm³/mol. The second-order valence-corrected chi connectivity index (χ2v) is 9.11. The van der Waals surface area contributed by atoms with Gasteiger partial charge in [0.15, 0.2) is 12.6 Å². The quantitative estimate of drug-likeness (QED) is 0.190. The molecule has 0 aromatic rings. The van der Waals surface area contributed by atoms with Crippen molar-refractivity contribution in [3.8, 4) is 0 Å². The summed E-state index contributed by atoms with van der Waals surface area (Å²) in [5, 5.41) is 59.9. The van der Waals surface area contributed by atoms with Crippen LogP contribution in [0.5, 0.6) is 0 Å². The third-order valence-electron chi connectivity index (χ3n) is 6.51. The molecule has 0 aliphatic carbocycles. The van der Waals surface area contributed by atoms with Crippen molar-refractivity contribution < 1.29 is 49.6 Å². The van der Waals surface area contributed by atoms with Crippen LogP contribution in [0.15, 0.2) is 0 Å². The second-order valence-electron chi connectivity index (χ2n) is 9.11. The van der Waals surface area contributed by atoms with E-state index in [0.29, 0.717) is 0 Å². The molecule has 2 fully saturated rings. The lowest BCUT2D eigenvalue weighted by atomic mass is 9.98. The van der Waals surface area contributed by atoms with E-state index in [2.05, 4.69) is 6.92 Å². The summed E-state index contributed by atoms with van der Waals surface area (Å²) in [6.07, 6.45) is -2.13. The van der Waals surface area contributed by atoms with Crippen LogP contribution in [-0.2, 0) is 18.9 Å². The molecule has 0 saturated carbocycles. The van der Waals surface area contributed by atoms with Crippen molar-refractivity contribution >= 4 is 0 Å². The summed E-state index contributed by atoms with van der Waals surface area (Å²) < 4.78 is 22.9. The Morgan fingerprint density at radius 3 is 2.12 bits per heavy atom. The van der Waals surface area contributed by atoms with Gasteiger partial charge in [0.25, 0.3) is 0 Å². The van der Waals surface area contributed by atoms with Crippen LogP contribution < -0.4 is 0 Å². The number of hydrogen-bond donors (Lipinski definition) is 6. The molecule has 0 aromatic carbocycles. The first-order chi connectivity index (χ1) is 15.9. The Balaban J connectivity index is 1.88. The van der Waals surface area contributed by atoms with Crippen molar-refractivity contribution in [3.05, 3.63) is 0 Å².